The monoisotopic (exact) mass is 270 g/mol. The molecule has 1 aliphatic rings. The summed E-state index contributed by atoms with van der Waals surface area (Å²) in [7, 11) is 1.92. The molecule has 0 aromatic rings. The molecule has 1 aliphatic carbocycles. The summed E-state index contributed by atoms with van der Waals surface area (Å²) in [4.78, 5) is 14.0. The van der Waals surface area contributed by atoms with Crippen molar-refractivity contribution in [2.45, 2.75) is 64.5 Å². The van der Waals surface area contributed by atoms with E-state index in [-0.39, 0.29) is 11.9 Å². The second-order valence-corrected chi connectivity index (χ2v) is 6.50. The highest BCUT2D eigenvalue weighted by Gasteiger charge is 2.34. The molecule has 19 heavy (non-hydrogen) atoms. The topological polar surface area (TPSA) is 52.6 Å². The average Bonchev–Trinajstić information content (AvgIpc) is 2.74. The molecule has 0 saturated heterocycles. The third-order valence-corrected chi connectivity index (χ3v) is 4.14. The first-order valence-corrected chi connectivity index (χ1v) is 7.54. The van der Waals surface area contributed by atoms with Crippen LogP contribution in [0.5, 0.6) is 0 Å². The number of nitrogens with one attached hydrogen (secondary N) is 1. The Morgan fingerprint density at radius 2 is 1.89 bits per heavy atom. The van der Waals surface area contributed by atoms with Crippen molar-refractivity contribution in [2.75, 3.05) is 20.1 Å². The van der Waals surface area contributed by atoms with Gasteiger partial charge < -0.3 is 10.4 Å². The van der Waals surface area contributed by atoms with E-state index >= 15 is 0 Å². The summed E-state index contributed by atoms with van der Waals surface area (Å²) in [5.41, 5.74) is -0.582. The van der Waals surface area contributed by atoms with Gasteiger partial charge in [-0.25, -0.2) is 0 Å². The van der Waals surface area contributed by atoms with Gasteiger partial charge in [0.1, 0.15) is 0 Å². The highest BCUT2D eigenvalue weighted by molar-refractivity contribution is 5.81. The van der Waals surface area contributed by atoms with Crippen LogP contribution in [-0.4, -0.2) is 47.7 Å². The third-order valence-electron chi connectivity index (χ3n) is 4.14. The number of hydrogen-bond acceptors (Lipinski definition) is 3. The molecule has 112 valence electrons. The fourth-order valence-corrected chi connectivity index (χ4v) is 2.62. The molecule has 0 bridgehead atoms. The van der Waals surface area contributed by atoms with Crippen LogP contribution in [0, 0.1) is 5.92 Å². The summed E-state index contributed by atoms with van der Waals surface area (Å²) in [6, 6.07) is -0.184. The maximum absolute atomic E-state index is 12.0. The maximum Gasteiger partial charge on any atom is 0.237 e. The Morgan fingerprint density at radius 3 is 2.42 bits per heavy atom. The van der Waals surface area contributed by atoms with Crippen molar-refractivity contribution in [2.24, 2.45) is 5.92 Å². The van der Waals surface area contributed by atoms with Gasteiger partial charge in [0.25, 0.3) is 0 Å². The van der Waals surface area contributed by atoms with Crippen molar-refractivity contribution in [3.63, 3.8) is 0 Å². The summed E-state index contributed by atoms with van der Waals surface area (Å²) < 4.78 is 0. The Labute approximate surface area is 117 Å². The first-order chi connectivity index (χ1) is 8.84. The molecule has 4 heteroatoms. The predicted octanol–water partition coefficient (Wildman–Crippen LogP) is 1.77. The molecule has 0 aromatic heterocycles. The van der Waals surface area contributed by atoms with Crippen LogP contribution in [-0.2, 0) is 4.79 Å². The number of aliphatic hydroxyl groups is 1. The van der Waals surface area contributed by atoms with E-state index in [9.17, 15) is 9.90 Å². The van der Waals surface area contributed by atoms with E-state index < -0.39 is 5.60 Å². The number of amides is 1. The van der Waals surface area contributed by atoms with Gasteiger partial charge in [-0.3, -0.25) is 9.69 Å². The molecule has 0 spiro atoms. The summed E-state index contributed by atoms with van der Waals surface area (Å²) in [5.74, 6) is 0.664. The van der Waals surface area contributed by atoms with E-state index in [0.29, 0.717) is 12.5 Å². The molecule has 1 rings (SSSR count). The van der Waals surface area contributed by atoms with Crippen LogP contribution in [0.15, 0.2) is 0 Å². The zero-order valence-corrected chi connectivity index (χ0v) is 12.9. The number of likely N-dealkylation sites (N-methyl/N-ethyl adjacent to an activating group) is 1. The zero-order chi connectivity index (χ0) is 14.5. The summed E-state index contributed by atoms with van der Waals surface area (Å²) >= 11 is 0. The van der Waals surface area contributed by atoms with Crippen LogP contribution in [0.25, 0.3) is 0 Å². The Balaban J connectivity index is 2.34. The molecule has 1 amide bonds. The van der Waals surface area contributed by atoms with Crippen molar-refractivity contribution >= 4 is 5.91 Å². The normalized spacial score (nSPS) is 19.9. The lowest BCUT2D eigenvalue weighted by atomic mass is 10.0. The SMILES string of the molecule is CC(C)CCNC(=O)C(C)N(C)CC1(O)CCCC1. The van der Waals surface area contributed by atoms with Crippen LogP contribution in [0.2, 0.25) is 0 Å². The van der Waals surface area contributed by atoms with Gasteiger partial charge in [0.05, 0.1) is 11.6 Å². The molecule has 1 unspecified atom stereocenters. The Kier molecular flexibility index (Phi) is 6.27. The van der Waals surface area contributed by atoms with Gasteiger partial charge >= 0.3 is 0 Å². The van der Waals surface area contributed by atoms with Crippen molar-refractivity contribution in [1.82, 2.24) is 10.2 Å². The number of hydrogen-bond donors (Lipinski definition) is 2. The fourth-order valence-electron chi connectivity index (χ4n) is 2.62. The molecule has 2 N–H and O–H groups in total. The standard InChI is InChI=1S/C15H30N2O2/c1-12(2)7-10-16-14(18)13(3)17(4)11-15(19)8-5-6-9-15/h12-13,19H,5-11H2,1-4H3,(H,16,18). The van der Waals surface area contributed by atoms with Gasteiger partial charge in [0.15, 0.2) is 0 Å². The molecule has 0 radical (unpaired) electrons. The molecule has 1 saturated carbocycles. The molecule has 0 heterocycles. The van der Waals surface area contributed by atoms with Crippen molar-refractivity contribution in [3.05, 3.63) is 0 Å². The lowest BCUT2D eigenvalue weighted by molar-refractivity contribution is -0.126. The van der Waals surface area contributed by atoms with E-state index in [1.54, 1.807) is 0 Å². The Morgan fingerprint density at radius 1 is 1.32 bits per heavy atom. The van der Waals surface area contributed by atoms with Crippen LogP contribution < -0.4 is 5.32 Å². The van der Waals surface area contributed by atoms with Gasteiger partial charge in [-0.15, -0.1) is 0 Å². The highest BCUT2D eigenvalue weighted by Crippen LogP contribution is 2.30. The molecule has 0 aromatic carbocycles. The second-order valence-electron chi connectivity index (χ2n) is 6.50. The largest absolute Gasteiger partial charge is 0.389 e. The predicted molar refractivity (Wildman–Crippen MR) is 78.0 cm³/mol. The fraction of sp³-hybridized carbons (Fsp3) is 0.933. The van der Waals surface area contributed by atoms with Gasteiger partial charge in [0.2, 0.25) is 5.91 Å². The highest BCUT2D eigenvalue weighted by atomic mass is 16.3. The zero-order valence-electron chi connectivity index (χ0n) is 12.9. The van der Waals surface area contributed by atoms with Crippen LogP contribution in [0.4, 0.5) is 0 Å². The van der Waals surface area contributed by atoms with E-state index in [1.165, 1.54) is 0 Å². The minimum absolute atomic E-state index is 0.0600. The smallest absolute Gasteiger partial charge is 0.237 e. The second kappa shape index (κ2) is 7.25. The molecule has 1 fully saturated rings. The first kappa shape index (κ1) is 16.4. The Bertz CT molecular complexity index is 286. The number of carbonyl (C=O) groups excluding carboxylic acids is 1. The summed E-state index contributed by atoms with van der Waals surface area (Å²) in [6.07, 6.45) is 4.92. The molecule has 0 aliphatic heterocycles. The van der Waals surface area contributed by atoms with Gasteiger partial charge in [-0.2, -0.15) is 0 Å². The molecule has 1 atom stereocenters. The Hall–Kier alpha value is -0.610. The van der Waals surface area contributed by atoms with E-state index in [0.717, 1.165) is 38.6 Å². The van der Waals surface area contributed by atoms with Gasteiger partial charge in [-0.1, -0.05) is 26.7 Å². The quantitative estimate of drug-likeness (QED) is 0.741. The number of carbonyl (C=O) groups is 1. The number of rotatable bonds is 7. The lowest BCUT2D eigenvalue weighted by Crippen LogP contribution is -2.49. The van der Waals surface area contributed by atoms with Gasteiger partial charge in [-0.05, 0) is 39.2 Å². The molecular weight excluding hydrogens is 240 g/mol. The summed E-state index contributed by atoms with van der Waals surface area (Å²) in [5, 5.41) is 13.3. The number of nitrogens with zero attached hydrogens (tertiary/aromatic N) is 1. The van der Waals surface area contributed by atoms with Crippen LogP contribution in [0.3, 0.4) is 0 Å². The van der Waals surface area contributed by atoms with E-state index in [1.807, 2.05) is 18.9 Å². The first-order valence-electron chi connectivity index (χ1n) is 7.54. The molecule has 4 nitrogen and oxygen atoms in total. The summed E-state index contributed by atoms with van der Waals surface area (Å²) in [6.45, 7) is 7.53. The van der Waals surface area contributed by atoms with Crippen molar-refractivity contribution in [1.29, 1.82) is 0 Å². The van der Waals surface area contributed by atoms with Crippen molar-refractivity contribution in [3.8, 4) is 0 Å². The lowest BCUT2D eigenvalue weighted by Gasteiger charge is -2.32. The van der Waals surface area contributed by atoms with Crippen molar-refractivity contribution < 1.29 is 9.90 Å². The van der Waals surface area contributed by atoms with Crippen LogP contribution >= 0.6 is 0 Å². The van der Waals surface area contributed by atoms with Gasteiger partial charge in [0, 0.05) is 13.1 Å². The van der Waals surface area contributed by atoms with Crippen LogP contribution in [0.1, 0.15) is 52.9 Å². The minimum Gasteiger partial charge on any atom is -0.389 e. The molecular formula is C15H30N2O2. The minimum atomic E-state index is -0.582. The third kappa shape index (κ3) is 5.49. The van der Waals surface area contributed by atoms with E-state index in [2.05, 4.69) is 19.2 Å². The maximum atomic E-state index is 12.0. The van der Waals surface area contributed by atoms with E-state index in [4.69, 9.17) is 0 Å². The average molecular weight is 270 g/mol.